The highest BCUT2D eigenvalue weighted by Crippen LogP contribution is 2.32. The maximum atomic E-state index is 13.5. The Labute approximate surface area is 115 Å². The van der Waals surface area contributed by atoms with E-state index >= 15 is 0 Å². The van der Waals surface area contributed by atoms with Crippen molar-refractivity contribution < 1.29 is 14.3 Å². The average molecular weight is 274 g/mol. The molecule has 0 radical (unpaired) electrons. The summed E-state index contributed by atoms with van der Waals surface area (Å²) in [6.45, 7) is 2.53. The van der Waals surface area contributed by atoms with Gasteiger partial charge in [0.2, 0.25) is 0 Å². The molecule has 0 saturated carbocycles. The first-order valence-electron chi connectivity index (χ1n) is 6.62. The van der Waals surface area contributed by atoms with Crippen LogP contribution >= 0.6 is 0 Å². The molecule has 1 aliphatic heterocycles. The van der Waals surface area contributed by atoms with Crippen molar-refractivity contribution in [2.24, 2.45) is 0 Å². The second-order valence-electron chi connectivity index (χ2n) is 5.13. The van der Waals surface area contributed by atoms with Crippen LogP contribution in [-0.4, -0.2) is 28.6 Å². The van der Waals surface area contributed by atoms with E-state index < -0.39 is 12.0 Å². The molecular weight excluding hydrogens is 259 g/mol. The number of rotatable bonds is 2. The molecule has 0 spiro atoms. The van der Waals surface area contributed by atoms with Crippen molar-refractivity contribution in [3.8, 4) is 0 Å². The standard InChI is InChI=1S/C15H15FN2O2/c1-9-7-14(18-6-2-3-13(18)15(19)20)11-8-10(16)4-5-12(11)17-9/h4-5,7-8,13H,2-3,6H2,1H3,(H,19,20). The number of aliphatic carboxylic acids is 1. The minimum atomic E-state index is -0.832. The maximum Gasteiger partial charge on any atom is 0.326 e. The molecule has 1 aromatic carbocycles. The number of aryl methyl sites for hydroxylation is 1. The van der Waals surface area contributed by atoms with Gasteiger partial charge in [-0.25, -0.2) is 9.18 Å². The summed E-state index contributed by atoms with van der Waals surface area (Å²) in [5, 5.41) is 9.98. The fourth-order valence-electron chi connectivity index (χ4n) is 2.86. The summed E-state index contributed by atoms with van der Waals surface area (Å²) in [6.07, 6.45) is 1.45. The molecule has 1 aromatic heterocycles. The van der Waals surface area contributed by atoms with Crippen LogP contribution in [0.25, 0.3) is 10.9 Å². The van der Waals surface area contributed by atoms with Gasteiger partial charge in [0.25, 0.3) is 0 Å². The predicted molar refractivity (Wildman–Crippen MR) is 74.4 cm³/mol. The average Bonchev–Trinajstić information content (AvgIpc) is 2.87. The number of carbonyl (C=O) groups is 1. The molecule has 3 rings (SSSR count). The van der Waals surface area contributed by atoms with E-state index in [1.54, 1.807) is 6.07 Å². The van der Waals surface area contributed by atoms with Crippen LogP contribution in [0.2, 0.25) is 0 Å². The largest absolute Gasteiger partial charge is 0.480 e. The number of aromatic nitrogens is 1. The van der Waals surface area contributed by atoms with Crippen molar-refractivity contribution in [1.82, 2.24) is 4.98 Å². The van der Waals surface area contributed by atoms with Crippen molar-refractivity contribution in [3.05, 3.63) is 35.8 Å². The number of pyridine rings is 1. The zero-order chi connectivity index (χ0) is 14.3. The first kappa shape index (κ1) is 12.8. The van der Waals surface area contributed by atoms with Gasteiger partial charge in [-0.15, -0.1) is 0 Å². The number of fused-ring (bicyclic) bond motifs is 1. The zero-order valence-corrected chi connectivity index (χ0v) is 11.1. The Kier molecular flexibility index (Phi) is 3.04. The lowest BCUT2D eigenvalue weighted by Crippen LogP contribution is -2.36. The molecule has 20 heavy (non-hydrogen) atoms. The SMILES string of the molecule is Cc1cc(N2CCCC2C(=O)O)c2cc(F)ccc2n1. The Hall–Kier alpha value is -2.17. The topological polar surface area (TPSA) is 53.4 Å². The minimum absolute atomic E-state index is 0.338. The van der Waals surface area contributed by atoms with Crippen molar-refractivity contribution >= 4 is 22.6 Å². The van der Waals surface area contributed by atoms with Crippen LogP contribution in [0.3, 0.4) is 0 Å². The molecule has 104 valence electrons. The van der Waals surface area contributed by atoms with Crippen molar-refractivity contribution in [2.75, 3.05) is 11.4 Å². The third kappa shape index (κ3) is 2.09. The first-order valence-corrected chi connectivity index (χ1v) is 6.62. The van der Waals surface area contributed by atoms with Crippen LogP contribution in [0, 0.1) is 12.7 Å². The molecule has 1 fully saturated rings. The Morgan fingerprint density at radius 2 is 2.25 bits per heavy atom. The van der Waals surface area contributed by atoms with E-state index in [1.165, 1.54) is 12.1 Å². The summed E-state index contributed by atoms with van der Waals surface area (Å²) in [4.78, 5) is 17.6. The molecule has 5 heteroatoms. The molecule has 2 heterocycles. The van der Waals surface area contributed by atoms with E-state index in [0.29, 0.717) is 23.9 Å². The molecule has 0 aliphatic carbocycles. The van der Waals surface area contributed by atoms with Crippen molar-refractivity contribution in [1.29, 1.82) is 0 Å². The minimum Gasteiger partial charge on any atom is -0.480 e. The summed E-state index contributed by atoms with van der Waals surface area (Å²) >= 11 is 0. The molecule has 0 amide bonds. The van der Waals surface area contributed by atoms with Crippen LogP contribution in [0.5, 0.6) is 0 Å². The fourth-order valence-corrected chi connectivity index (χ4v) is 2.86. The molecule has 1 N–H and O–H groups in total. The Bertz CT molecular complexity index is 687. The van der Waals surface area contributed by atoms with E-state index in [2.05, 4.69) is 4.98 Å². The van der Waals surface area contributed by atoms with E-state index in [1.807, 2.05) is 17.9 Å². The number of carboxylic acid groups (broad SMARTS) is 1. The van der Waals surface area contributed by atoms with Gasteiger partial charge in [-0.3, -0.25) is 4.98 Å². The van der Waals surface area contributed by atoms with Crippen LogP contribution < -0.4 is 4.90 Å². The van der Waals surface area contributed by atoms with E-state index in [0.717, 1.165) is 17.8 Å². The van der Waals surface area contributed by atoms with E-state index in [9.17, 15) is 14.3 Å². The summed E-state index contributed by atoms with van der Waals surface area (Å²) in [5.41, 5.74) is 2.25. The van der Waals surface area contributed by atoms with Gasteiger partial charge in [-0.1, -0.05) is 0 Å². The highest BCUT2D eigenvalue weighted by molar-refractivity contribution is 5.94. The van der Waals surface area contributed by atoms with Crippen LogP contribution in [-0.2, 0) is 4.79 Å². The van der Waals surface area contributed by atoms with Crippen LogP contribution in [0.1, 0.15) is 18.5 Å². The van der Waals surface area contributed by atoms with E-state index in [4.69, 9.17) is 0 Å². The lowest BCUT2D eigenvalue weighted by atomic mass is 10.1. The van der Waals surface area contributed by atoms with Crippen molar-refractivity contribution in [3.63, 3.8) is 0 Å². The van der Waals surface area contributed by atoms with Gasteiger partial charge in [-0.05, 0) is 44.0 Å². The molecule has 2 aromatic rings. The van der Waals surface area contributed by atoms with Crippen LogP contribution in [0.15, 0.2) is 24.3 Å². The third-order valence-electron chi connectivity index (χ3n) is 3.72. The molecule has 1 aliphatic rings. The Morgan fingerprint density at radius 3 is 3.00 bits per heavy atom. The summed E-state index contributed by atoms with van der Waals surface area (Å²) < 4.78 is 13.5. The number of benzene rings is 1. The van der Waals surface area contributed by atoms with Gasteiger partial charge in [-0.2, -0.15) is 0 Å². The van der Waals surface area contributed by atoms with Gasteiger partial charge in [0, 0.05) is 23.3 Å². The van der Waals surface area contributed by atoms with Gasteiger partial charge in [0.1, 0.15) is 11.9 Å². The lowest BCUT2D eigenvalue weighted by Gasteiger charge is -2.25. The Balaban J connectivity index is 2.19. The second-order valence-corrected chi connectivity index (χ2v) is 5.13. The number of halogens is 1. The molecular formula is C15H15FN2O2. The highest BCUT2D eigenvalue weighted by Gasteiger charge is 2.31. The first-order chi connectivity index (χ1) is 9.56. The van der Waals surface area contributed by atoms with Gasteiger partial charge >= 0.3 is 5.97 Å². The van der Waals surface area contributed by atoms with E-state index in [-0.39, 0.29) is 5.82 Å². The monoisotopic (exact) mass is 274 g/mol. The summed E-state index contributed by atoms with van der Waals surface area (Å²) in [5.74, 6) is -1.17. The summed E-state index contributed by atoms with van der Waals surface area (Å²) in [6, 6.07) is 5.73. The second kappa shape index (κ2) is 4.74. The van der Waals surface area contributed by atoms with Crippen LogP contribution in [0.4, 0.5) is 10.1 Å². The van der Waals surface area contributed by atoms with Gasteiger partial charge < -0.3 is 10.0 Å². The molecule has 1 atom stereocenters. The lowest BCUT2D eigenvalue weighted by molar-refractivity contribution is -0.138. The normalized spacial score (nSPS) is 18.7. The Morgan fingerprint density at radius 1 is 1.45 bits per heavy atom. The number of hydrogen-bond acceptors (Lipinski definition) is 3. The molecule has 1 saturated heterocycles. The molecule has 0 bridgehead atoms. The van der Waals surface area contributed by atoms with Gasteiger partial charge in [0.15, 0.2) is 0 Å². The van der Waals surface area contributed by atoms with Crippen molar-refractivity contribution in [2.45, 2.75) is 25.8 Å². The smallest absolute Gasteiger partial charge is 0.326 e. The number of carboxylic acids is 1. The molecule has 1 unspecified atom stereocenters. The number of hydrogen-bond donors (Lipinski definition) is 1. The third-order valence-corrected chi connectivity index (χ3v) is 3.72. The van der Waals surface area contributed by atoms with Gasteiger partial charge in [0.05, 0.1) is 5.52 Å². The summed E-state index contributed by atoms with van der Waals surface area (Å²) in [7, 11) is 0. The highest BCUT2D eigenvalue weighted by atomic mass is 19.1. The predicted octanol–water partition coefficient (Wildman–Crippen LogP) is 2.74. The maximum absolute atomic E-state index is 13.5. The number of anilines is 1. The fraction of sp³-hybridized carbons (Fsp3) is 0.333. The number of nitrogens with zero attached hydrogens (tertiary/aromatic N) is 2. The molecule has 4 nitrogen and oxygen atoms in total. The zero-order valence-electron chi connectivity index (χ0n) is 11.1. The quantitative estimate of drug-likeness (QED) is 0.915.